The van der Waals surface area contributed by atoms with Crippen molar-refractivity contribution < 1.29 is 14.8 Å². The van der Waals surface area contributed by atoms with Gasteiger partial charge in [0.05, 0.1) is 25.8 Å². The second kappa shape index (κ2) is 5.89. The molecule has 0 amide bonds. The molecule has 0 aliphatic carbocycles. The average molecular weight is 308 g/mol. The van der Waals surface area contributed by atoms with Crippen LogP contribution in [0.15, 0.2) is 48.5 Å². The Balaban J connectivity index is 2.00. The minimum atomic E-state index is -1.15. The quantitative estimate of drug-likeness (QED) is 0.777. The van der Waals surface area contributed by atoms with Crippen molar-refractivity contribution in [1.29, 1.82) is 0 Å². The van der Waals surface area contributed by atoms with E-state index in [1.54, 1.807) is 17.7 Å². The molecule has 2 aromatic carbocycles. The summed E-state index contributed by atoms with van der Waals surface area (Å²) in [5, 5.41) is 12.0. The van der Waals surface area contributed by atoms with Crippen LogP contribution in [-0.2, 0) is 13.6 Å². The van der Waals surface area contributed by atoms with Crippen LogP contribution in [0.1, 0.15) is 16.1 Å². The molecular formula is C19H20N2O2. The van der Waals surface area contributed by atoms with Gasteiger partial charge in [-0.15, -0.1) is 0 Å². The molecule has 3 aromatic rings. The predicted molar refractivity (Wildman–Crippen MR) is 89.2 cm³/mol. The van der Waals surface area contributed by atoms with Gasteiger partial charge in [0.2, 0.25) is 0 Å². The first-order valence-electron chi connectivity index (χ1n) is 7.65. The number of hydrogen-bond acceptors (Lipinski definition) is 2. The molecule has 1 heterocycles. The molecule has 0 atom stereocenters. The fourth-order valence-corrected chi connectivity index (χ4v) is 2.93. The van der Waals surface area contributed by atoms with E-state index in [4.69, 9.17) is 0 Å². The summed E-state index contributed by atoms with van der Waals surface area (Å²) in [6, 6.07) is 16.2. The molecule has 3 rings (SSSR count). The molecule has 4 nitrogen and oxygen atoms in total. The van der Waals surface area contributed by atoms with Crippen molar-refractivity contribution in [3.05, 3.63) is 59.8 Å². The van der Waals surface area contributed by atoms with Crippen LogP contribution < -0.4 is 10.0 Å². The van der Waals surface area contributed by atoms with E-state index >= 15 is 0 Å². The van der Waals surface area contributed by atoms with Crippen molar-refractivity contribution in [3.8, 4) is 11.1 Å². The minimum Gasteiger partial charge on any atom is -0.543 e. The lowest BCUT2D eigenvalue weighted by molar-refractivity contribution is -0.872. The molecule has 0 spiro atoms. The van der Waals surface area contributed by atoms with Crippen molar-refractivity contribution in [2.75, 3.05) is 14.1 Å². The molecule has 4 heteroatoms. The van der Waals surface area contributed by atoms with E-state index < -0.39 is 5.97 Å². The topological polar surface area (TPSA) is 49.5 Å². The van der Waals surface area contributed by atoms with E-state index in [0.717, 1.165) is 28.6 Å². The second-order valence-corrected chi connectivity index (χ2v) is 6.23. The van der Waals surface area contributed by atoms with Crippen molar-refractivity contribution >= 4 is 16.9 Å². The van der Waals surface area contributed by atoms with Gasteiger partial charge >= 0.3 is 0 Å². The summed E-state index contributed by atoms with van der Waals surface area (Å²) < 4.78 is 1.66. The van der Waals surface area contributed by atoms with Gasteiger partial charge in [0.15, 0.2) is 0 Å². The van der Waals surface area contributed by atoms with Gasteiger partial charge in [-0.1, -0.05) is 36.4 Å². The number of carbonyl (C=O) groups is 1. The maximum atomic E-state index is 11.1. The van der Waals surface area contributed by atoms with Gasteiger partial charge in [0.1, 0.15) is 6.54 Å². The highest BCUT2D eigenvalue weighted by Gasteiger charge is 2.08. The van der Waals surface area contributed by atoms with Crippen molar-refractivity contribution in [2.24, 2.45) is 7.05 Å². The smallest absolute Gasteiger partial charge is 0.102 e. The largest absolute Gasteiger partial charge is 0.543 e. The number of nitrogens with zero attached hydrogens (tertiary/aromatic N) is 1. The summed E-state index contributed by atoms with van der Waals surface area (Å²) in [6.07, 6.45) is 0. The monoisotopic (exact) mass is 308 g/mol. The molecule has 1 aromatic heterocycles. The van der Waals surface area contributed by atoms with Gasteiger partial charge in [-0.05, 0) is 23.3 Å². The number of carbonyl (C=O) groups excluding carboxylic acids is 1. The molecule has 0 radical (unpaired) electrons. The number of rotatable bonds is 4. The molecule has 0 bridgehead atoms. The third-order valence-electron chi connectivity index (χ3n) is 4.10. The lowest BCUT2D eigenvalue weighted by Gasteiger charge is -2.09. The van der Waals surface area contributed by atoms with Gasteiger partial charge in [-0.25, -0.2) is 0 Å². The number of hydrogen-bond donors (Lipinski definition) is 1. The number of quaternary nitrogens is 1. The van der Waals surface area contributed by atoms with E-state index in [9.17, 15) is 9.90 Å². The number of aromatic carboxylic acids is 1. The maximum absolute atomic E-state index is 11.1. The predicted octanol–water partition coefficient (Wildman–Crippen LogP) is 0.853. The number of benzene rings is 2. The summed E-state index contributed by atoms with van der Waals surface area (Å²) >= 11 is 0. The SMILES string of the molecule is Cn1c(C(=O)[O-])cc2ccc(-c3ccc(C[NH+](C)C)cc3)cc21. The van der Waals surface area contributed by atoms with Gasteiger partial charge in [-0.2, -0.15) is 0 Å². The van der Waals surface area contributed by atoms with E-state index in [-0.39, 0.29) is 5.69 Å². The number of fused-ring (bicyclic) bond motifs is 1. The third kappa shape index (κ3) is 2.98. The molecule has 1 N–H and O–H groups in total. The van der Waals surface area contributed by atoms with Gasteiger partial charge in [0.25, 0.3) is 0 Å². The van der Waals surface area contributed by atoms with E-state index in [1.165, 1.54) is 10.5 Å². The minimum absolute atomic E-state index is 0.196. The summed E-state index contributed by atoms with van der Waals surface area (Å²) in [6.45, 7) is 0.992. The van der Waals surface area contributed by atoms with Crippen LogP contribution in [0, 0.1) is 0 Å². The Morgan fingerprint density at radius 2 is 1.70 bits per heavy atom. The Bertz CT molecular complexity index is 861. The molecule has 0 saturated carbocycles. The van der Waals surface area contributed by atoms with Crippen molar-refractivity contribution in [3.63, 3.8) is 0 Å². The Labute approximate surface area is 135 Å². The number of carboxylic acids is 1. The number of nitrogens with one attached hydrogen (secondary N) is 1. The second-order valence-electron chi connectivity index (χ2n) is 6.23. The Morgan fingerprint density at radius 3 is 2.30 bits per heavy atom. The molecule has 0 saturated heterocycles. The fraction of sp³-hybridized carbons (Fsp3) is 0.211. The molecule has 0 aliphatic heterocycles. The first-order valence-corrected chi connectivity index (χ1v) is 7.65. The first-order chi connectivity index (χ1) is 11.0. The first kappa shape index (κ1) is 15.3. The zero-order chi connectivity index (χ0) is 16.6. The summed E-state index contributed by atoms with van der Waals surface area (Å²) in [4.78, 5) is 12.5. The maximum Gasteiger partial charge on any atom is 0.102 e. The molecule has 118 valence electrons. The highest BCUT2D eigenvalue weighted by molar-refractivity contribution is 5.95. The van der Waals surface area contributed by atoms with Gasteiger partial charge < -0.3 is 19.4 Å². The van der Waals surface area contributed by atoms with Crippen molar-refractivity contribution in [2.45, 2.75) is 6.54 Å². The zero-order valence-electron chi connectivity index (χ0n) is 13.6. The normalized spacial score (nSPS) is 11.3. The number of aryl methyl sites for hydroxylation is 1. The molecule has 0 fully saturated rings. The van der Waals surface area contributed by atoms with Crippen LogP contribution in [0.4, 0.5) is 0 Å². The number of carboxylic acid groups (broad SMARTS) is 1. The zero-order valence-corrected chi connectivity index (χ0v) is 13.6. The Hall–Kier alpha value is -2.59. The summed E-state index contributed by atoms with van der Waals surface area (Å²) in [5.74, 6) is -1.15. The van der Waals surface area contributed by atoms with Crippen LogP contribution in [0.25, 0.3) is 22.0 Å². The Kier molecular flexibility index (Phi) is 3.92. The molecule has 23 heavy (non-hydrogen) atoms. The van der Waals surface area contributed by atoms with Crippen LogP contribution in [0.3, 0.4) is 0 Å². The van der Waals surface area contributed by atoms with Crippen LogP contribution >= 0.6 is 0 Å². The summed E-state index contributed by atoms with van der Waals surface area (Å²) in [5.41, 5.74) is 4.59. The van der Waals surface area contributed by atoms with Crippen LogP contribution in [-0.4, -0.2) is 24.6 Å². The van der Waals surface area contributed by atoms with E-state index in [0.29, 0.717) is 0 Å². The number of aromatic nitrogens is 1. The fourth-order valence-electron chi connectivity index (χ4n) is 2.93. The lowest BCUT2D eigenvalue weighted by atomic mass is 10.0. The van der Waals surface area contributed by atoms with Crippen LogP contribution in [0.2, 0.25) is 0 Å². The van der Waals surface area contributed by atoms with Crippen LogP contribution in [0.5, 0.6) is 0 Å². The highest BCUT2D eigenvalue weighted by atomic mass is 16.4. The van der Waals surface area contributed by atoms with Gasteiger partial charge in [-0.3, -0.25) is 0 Å². The molecular weight excluding hydrogens is 288 g/mol. The van der Waals surface area contributed by atoms with Gasteiger partial charge in [0, 0.05) is 23.5 Å². The Morgan fingerprint density at radius 1 is 1.04 bits per heavy atom. The molecule has 0 aliphatic rings. The lowest BCUT2D eigenvalue weighted by Crippen LogP contribution is -3.04. The van der Waals surface area contributed by atoms with Crippen molar-refractivity contribution in [1.82, 2.24) is 4.57 Å². The van der Waals surface area contributed by atoms with E-state index in [2.05, 4.69) is 38.4 Å². The molecule has 0 unspecified atom stereocenters. The standard InChI is InChI=1S/C19H20N2O2/c1-20(2)12-13-4-6-14(7-5-13)15-8-9-16-11-18(19(22)23)21(3)17(16)10-15/h4-11H,12H2,1-3H3,(H,22,23). The summed E-state index contributed by atoms with van der Waals surface area (Å²) in [7, 11) is 6.01. The highest BCUT2D eigenvalue weighted by Crippen LogP contribution is 2.26. The average Bonchev–Trinajstić information content (AvgIpc) is 2.84. The third-order valence-corrected chi connectivity index (χ3v) is 4.10. The van der Waals surface area contributed by atoms with E-state index in [1.807, 2.05) is 18.2 Å².